The molecule has 2 aromatic heterocycles. The van der Waals surface area contributed by atoms with E-state index in [2.05, 4.69) is 41.3 Å². The first-order chi connectivity index (χ1) is 8.05. The van der Waals surface area contributed by atoms with E-state index in [4.69, 9.17) is 0 Å². The number of aromatic nitrogens is 3. The molecule has 0 saturated carbocycles. The number of nitrogens with one attached hydrogen (secondary N) is 1. The number of hydrogen-bond acceptors (Lipinski definition) is 6. The second-order valence-corrected chi connectivity index (χ2v) is 6.72. The second-order valence-electron chi connectivity index (χ2n) is 4.76. The van der Waals surface area contributed by atoms with Crippen LogP contribution in [0.2, 0.25) is 0 Å². The van der Waals surface area contributed by atoms with E-state index in [-0.39, 0.29) is 5.41 Å². The molecule has 0 saturated heterocycles. The Balaban J connectivity index is 1.85. The van der Waals surface area contributed by atoms with Gasteiger partial charge in [-0.15, -0.1) is 21.5 Å². The van der Waals surface area contributed by atoms with Gasteiger partial charge in [0.1, 0.15) is 5.01 Å². The lowest BCUT2D eigenvalue weighted by Gasteiger charge is -2.12. The first-order valence-corrected chi connectivity index (χ1v) is 7.21. The number of rotatable bonds is 4. The summed E-state index contributed by atoms with van der Waals surface area (Å²) in [5.41, 5.74) is 0.0763. The molecule has 4 nitrogen and oxygen atoms in total. The van der Waals surface area contributed by atoms with Gasteiger partial charge < -0.3 is 5.32 Å². The van der Waals surface area contributed by atoms with E-state index < -0.39 is 0 Å². The third kappa shape index (κ3) is 3.47. The summed E-state index contributed by atoms with van der Waals surface area (Å²) in [6.07, 6.45) is 2.77. The highest BCUT2D eigenvalue weighted by Gasteiger charge is 2.19. The third-order valence-corrected chi connectivity index (χ3v) is 4.31. The van der Waals surface area contributed by atoms with E-state index in [0.29, 0.717) is 0 Å². The summed E-state index contributed by atoms with van der Waals surface area (Å²) >= 11 is 3.31. The molecule has 2 aromatic rings. The molecule has 2 heterocycles. The molecule has 0 atom stereocenters. The lowest BCUT2D eigenvalue weighted by atomic mass is 9.98. The van der Waals surface area contributed by atoms with Crippen LogP contribution in [0, 0.1) is 0 Å². The van der Waals surface area contributed by atoms with E-state index in [9.17, 15) is 0 Å². The average Bonchev–Trinajstić information content (AvgIpc) is 2.86. The quantitative estimate of drug-likeness (QED) is 0.926. The van der Waals surface area contributed by atoms with Crippen molar-refractivity contribution < 1.29 is 0 Å². The normalized spacial score (nSPS) is 11.7. The van der Waals surface area contributed by atoms with Crippen LogP contribution in [-0.4, -0.2) is 21.7 Å². The largest absolute Gasteiger partial charge is 0.360 e. The smallest absolute Gasteiger partial charge is 0.205 e. The molecule has 1 N–H and O–H groups in total. The van der Waals surface area contributed by atoms with Crippen molar-refractivity contribution in [1.29, 1.82) is 0 Å². The highest BCUT2D eigenvalue weighted by Crippen LogP contribution is 2.27. The third-order valence-electron chi connectivity index (χ3n) is 2.17. The summed E-state index contributed by atoms with van der Waals surface area (Å²) in [5, 5.41) is 16.7. The Morgan fingerprint density at radius 3 is 2.71 bits per heavy atom. The van der Waals surface area contributed by atoms with Gasteiger partial charge >= 0.3 is 0 Å². The van der Waals surface area contributed by atoms with Crippen LogP contribution in [-0.2, 0) is 11.8 Å². The van der Waals surface area contributed by atoms with Gasteiger partial charge in [-0.2, -0.15) is 0 Å². The van der Waals surface area contributed by atoms with Crippen molar-refractivity contribution >= 4 is 27.8 Å². The maximum Gasteiger partial charge on any atom is 0.205 e. The summed E-state index contributed by atoms with van der Waals surface area (Å²) in [5.74, 6) is 0. The molecule has 0 aliphatic rings. The van der Waals surface area contributed by atoms with Gasteiger partial charge in [-0.1, -0.05) is 32.1 Å². The van der Waals surface area contributed by atoms with Gasteiger partial charge in [-0.25, -0.2) is 4.98 Å². The molecule has 92 valence electrons. The molecule has 17 heavy (non-hydrogen) atoms. The van der Waals surface area contributed by atoms with Gasteiger partial charge in [0, 0.05) is 30.0 Å². The zero-order chi connectivity index (χ0) is 12.3. The maximum atomic E-state index is 4.24. The predicted molar refractivity (Wildman–Crippen MR) is 72.9 cm³/mol. The molecule has 0 amide bonds. The topological polar surface area (TPSA) is 50.7 Å². The number of nitrogens with zero attached hydrogens (tertiary/aromatic N) is 3. The average molecular weight is 268 g/mol. The molecule has 0 fully saturated rings. The van der Waals surface area contributed by atoms with Crippen LogP contribution >= 0.6 is 22.7 Å². The van der Waals surface area contributed by atoms with Crippen molar-refractivity contribution in [3.63, 3.8) is 0 Å². The minimum Gasteiger partial charge on any atom is -0.360 e. The van der Waals surface area contributed by atoms with Gasteiger partial charge in [0.15, 0.2) is 0 Å². The Kier molecular flexibility index (Phi) is 3.73. The monoisotopic (exact) mass is 268 g/mol. The Morgan fingerprint density at radius 1 is 1.29 bits per heavy atom. The highest BCUT2D eigenvalue weighted by molar-refractivity contribution is 7.15. The molecule has 0 aliphatic carbocycles. The van der Waals surface area contributed by atoms with E-state index in [1.54, 1.807) is 22.7 Å². The van der Waals surface area contributed by atoms with E-state index in [0.717, 1.165) is 28.1 Å². The summed E-state index contributed by atoms with van der Waals surface area (Å²) in [7, 11) is 0. The van der Waals surface area contributed by atoms with Crippen molar-refractivity contribution in [2.24, 2.45) is 0 Å². The van der Waals surface area contributed by atoms with Crippen molar-refractivity contribution in [2.45, 2.75) is 32.6 Å². The second kappa shape index (κ2) is 5.10. The molecule has 0 unspecified atom stereocenters. The summed E-state index contributed by atoms with van der Waals surface area (Å²) in [6.45, 7) is 7.29. The molecule has 0 bridgehead atoms. The Hall–Kier alpha value is -1.01. The van der Waals surface area contributed by atoms with Gasteiger partial charge in [0.25, 0.3) is 0 Å². The first-order valence-electron chi connectivity index (χ1n) is 5.52. The van der Waals surface area contributed by atoms with Crippen molar-refractivity contribution in [2.75, 3.05) is 11.9 Å². The molecule has 2 rings (SSSR count). The number of hydrogen-bond donors (Lipinski definition) is 1. The van der Waals surface area contributed by atoms with E-state index in [1.807, 2.05) is 11.6 Å². The first kappa shape index (κ1) is 12.4. The zero-order valence-electron chi connectivity index (χ0n) is 10.2. The van der Waals surface area contributed by atoms with Crippen molar-refractivity contribution in [1.82, 2.24) is 15.2 Å². The van der Waals surface area contributed by atoms with E-state index in [1.165, 1.54) is 0 Å². The summed E-state index contributed by atoms with van der Waals surface area (Å²) < 4.78 is 0. The number of thiazole rings is 1. The number of anilines is 1. The van der Waals surface area contributed by atoms with Gasteiger partial charge in [0.05, 0.1) is 5.01 Å². The van der Waals surface area contributed by atoms with Gasteiger partial charge in [0.2, 0.25) is 5.13 Å². The summed E-state index contributed by atoms with van der Waals surface area (Å²) in [6, 6.07) is 0. The fraction of sp³-hybridized carbons (Fsp3) is 0.545. The SMILES string of the molecule is CC(C)(C)c1nnc(NCCc2nccs2)s1. The van der Waals surface area contributed by atoms with Crippen LogP contribution in [0.5, 0.6) is 0 Å². The Bertz CT molecular complexity index is 456. The predicted octanol–water partition coefficient (Wildman–Crippen LogP) is 2.95. The van der Waals surface area contributed by atoms with Crippen molar-refractivity contribution in [3.05, 3.63) is 21.6 Å². The van der Waals surface area contributed by atoms with Gasteiger partial charge in [-0.05, 0) is 0 Å². The molecule has 0 aliphatic heterocycles. The highest BCUT2D eigenvalue weighted by atomic mass is 32.1. The zero-order valence-corrected chi connectivity index (χ0v) is 11.9. The molecule has 0 radical (unpaired) electrons. The summed E-state index contributed by atoms with van der Waals surface area (Å²) in [4.78, 5) is 4.24. The van der Waals surface area contributed by atoms with Crippen molar-refractivity contribution in [3.8, 4) is 0 Å². The molecule has 0 aromatic carbocycles. The van der Waals surface area contributed by atoms with E-state index >= 15 is 0 Å². The minimum absolute atomic E-state index is 0.0763. The lowest BCUT2D eigenvalue weighted by Crippen LogP contribution is -2.10. The Labute approximate surface area is 109 Å². The fourth-order valence-electron chi connectivity index (χ4n) is 1.25. The van der Waals surface area contributed by atoms with Crippen LogP contribution in [0.3, 0.4) is 0 Å². The molecule has 6 heteroatoms. The van der Waals surface area contributed by atoms with Crippen LogP contribution < -0.4 is 5.32 Å². The molecular formula is C11H16N4S2. The lowest BCUT2D eigenvalue weighted by molar-refractivity contribution is 0.578. The standard InChI is InChI=1S/C11H16N4S2/c1-11(2,3)9-14-15-10(17-9)13-5-4-8-12-6-7-16-8/h6-7H,4-5H2,1-3H3,(H,13,15). The van der Waals surface area contributed by atoms with Crippen LogP contribution in [0.1, 0.15) is 30.8 Å². The minimum atomic E-state index is 0.0763. The van der Waals surface area contributed by atoms with Crippen LogP contribution in [0.15, 0.2) is 11.6 Å². The van der Waals surface area contributed by atoms with Gasteiger partial charge in [-0.3, -0.25) is 0 Å². The molecular weight excluding hydrogens is 252 g/mol. The molecule has 0 spiro atoms. The maximum absolute atomic E-state index is 4.24. The Morgan fingerprint density at radius 2 is 2.12 bits per heavy atom. The van der Waals surface area contributed by atoms with Crippen LogP contribution in [0.25, 0.3) is 0 Å². The fourth-order valence-corrected chi connectivity index (χ4v) is 2.70. The van der Waals surface area contributed by atoms with Crippen LogP contribution in [0.4, 0.5) is 5.13 Å².